The summed E-state index contributed by atoms with van der Waals surface area (Å²) in [4.78, 5) is 20.9. The molecule has 0 radical (unpaired) electrons. The number of para-hydroxylation sites is 1. The van der Waals surface area contributed by atoms with Crippen LogP contribution in [0.15, 0.2) is 62.6 Å². The largest absolute Gasteiger partial charge is 0.449 e. The Kier molecular flexibility index (Phi) is 3.42. The van der Waals surface area contributed by atoms with Gasteiger partial charge in [0.25, 0.3) is 5.56 Å². The van der Waals surface area contributed by atoms with Gasteiger partial charge in [0.15, 0.2) is 0 Å². The number of aromatic nitrogens is 2. The van der Waals surface area contributed by atoms with Crippen molar-refractivity contribution < 1.29 is 4.42 Å². The Hall–Kier alpha value is -2.53. The third kappa shape index (κ3) is 2.53. The van der Waals surface area contributed by atoms with Gasteiger partial charge in [-0.3, -0.25) is 4.79 Å². The van der Waals surface area contributed by atoms with Crippen LogP contribution in [0, 0.1) is 6.92 Å². The number of nitrogens with one attached hydrogen (secondary N) is 1. The summed E-state index contributed by atoms with van der Waals surface area (Å²) in [7, 11) is 0. The standard InChI is InChI=1S/C18H14N2O2S/c1-11-6-2-5-9-14(11)23-10-15-19-16-12-7-3-4-8-13(12)22-17(16)18(21)20-15/h2-9H,10H2,1H3,(H,19,20,21). The van der Waals surface area contributed by atoms with Gasteiger partial charge < -0.3 is 9.40 Å². The predicted molar refractivity (Wildman–Crippen MR) is 92.9 cm³/mol. The number of rotatable bonds is 3. The number of H-pyrrole nitrogens is 1. The predicted octanol–water partition coefficient (Wildman–Crippen LogP) is 4.27. The van der Waals surface area contributed by atoms with Crippen molar-refractivity contribution in [1.82, 2.24) is 9.97 Å². The lowest BCUT2D eigenvalue weighted by atomic mass is 10.2. The van der Waals surface area contributed by atoms with E-state index in [0.717, 1.165) is 5.39 Å². The van der Waals surface area contributed by atoms with Gasteiger partial charge in [-0.2, -0.15) is 0 Å². The molecule has 0 spiro atoms. The smallest absolute Gasteiger partial charge is 0.294 e. The zero-order valence-electron chi connectivity index (χ0n) is 12.5. The van der Waals surface area contributed by atoms with Gasteiger partial charge in [-0.1, -0.05) is 30.3 Å². The van der Waals surface area contributed by atoms with E-state index in [1.165, 1.54) is 10.5 Å². The quantitative estimate of drug-likeness (QED) is 0.572. The van der Waals surface area contributed by atoms with Crippen molar-refractivity contribution in [2.24, 2.45) is 0 Å². The van der Waals surface area contributed by atoms with E-state index < -0.39 is 0 Å². The van der Waals surface area contributed by atoms with Crippen molar-refractivity contribution >= 4 is 33.8 Å². The molecule has 0 saturated heterocycles. The van der Waals surface area contributed by atoms with Gasteiger partial charge >= 0.3 is 0 Å². The number of thioether (sulfide) groups is 1. The average Bonchev–Trinajstić information content (AvgIpc) is 2.94. The monoisotopic (exact) mass is 322 g/mol. The molecule has 4 nitrogen and oxygen atoms in total. The molecule has 5 heteroatoms. The number of aromatic amines is 1. The molecule has 0 atom stereocenters. The normalized spacial score (nSPS) is 11.3. The second kappa shape index (κ2) is 5.59. The first-order valence-corrected chi connectivity index (χ1v) is 8.30. The van der Waals surface area contributed by atoms with Crippen molar-refractivity contribution in [2.75, 3.05) is 0 Å². The van der Waals surface area contributed by atoms with Crippen LogP contribution in [-0.2, 0) is 5.75 Å². The highest BCUT2D eigenvalue weighted by molar-refractivity contribution is 7.98. The minimum absolute atomic E-state index is 0.230. The van der Waals surface area contributed by atoms with Crippen molar-refractivity contribution in [1.29, 1.82) is 0 Å². The van der Waals surface area contributed by atoms with E-state index in [0.29, 0.717) is 22.7 Å². The minimum Gasteiger partial charge on any atom is -0.449 e. The first-order chi connectivity index (χ1) is 11.2. The molecule has 4 aromatic rings. The molecule has 0 bridgehead atoms. The molecule has 0 unspecified atom stereocenters. The van der Waals surface area contributed by atoms with E-state index in [1.54, 1.807) is 11.8 Å². The van der Waals surface area contributed by atoms with Crippen LogP contribution in [0.5, 0.6) is 0 Å². The number of hydrogen-bond donors (Lipinski definition) is 1. The minimum atomic E-state index is -0.230. The van der Waals surface area contributed by atoms with Gasteiger partial charge in [0.05, 0.1) is 5.75 Å². The summed E-state index contributed by atoms with van der Waals surface area (Å²) in [5.41, 5.74) is 2.59. The molecule has 2 aromatic carbocycles. The summed E-state index contributed by atoms with van der Waals surface area (Å²) in [6.07, 6.45) is 0. The first-order valence-electron chi connectivity index (χ1n) is 7.31. The van der Waals surface area contributed by atoms with Crippen LogP contribution in [0.1, 0.15) is 11.4 Å². The van der Waals surface area contributed by atoms with E-state index in [4.69, 9.17) is 4.42 Å². The van der Waals surface area contributed by atoms with Crippen LogP contribution >= 0.6 is 11.8 Å². The van der Waals surface area contributed by atoms with E-state index in [2.05, 4.69) is 29.0 Å². The zero-order chi connectivity index (χ0) is 15.8. The number of nitrogens with zero attached hydrogens (tertiary/aromatic N) is 1. The third-order valence-electron chi connectivity index (χ3n) is 3.74. The number of fused-ring (bicyclic) bond motifs is 3. The molecule has 23 heavy (non-hydrogen) atoms. The van der Waals surface area contributed by atoms with Gasteiger partial charge in [-0.25, -0.2) is 4.98 Å². The first kappa shape index (κ1) is 14.1. The summed E-state index contributed by atoms with van der Waals surface area (Å²) in [6.45, 7) is 2.07. The second-order valence-corrected chi connectivity index (χ2v) is 6.36. The Labute approximate surface area is 136 Å². The van der Waals surface area contributed by atoms with Crippen LogP contribution < -0.4 is 5.56 Å². The maximum absolute atomic E-state index is 12.2. The lowest BCUT2D eigenvalue weighted by Crippen LogP contribution is -2.10. The summed E-state index contributed by atoms with van der Waals surface area (Å²) < 4.78 is 5.61. The number of benzene rings is 2. The average molecular weight is 322 g/mol. The van der Waals surface area contributed by atoms with Crippen LogP contribution in [0.2, 0.25) is 0 Å². The van der Waals surface area contributed by atoms with Crippen molar-refractivity contribution in [3.05, 3.63) is 70.3 Å². The SMILES string of the molecule is Cc1ccccc1SCc1nc2c(oc3ccccc32)c(=O)[nH]1. The Morgan fingerprint density at radius 1 is 1.13 bits per heavy atom. The zero-order valence-corrected chi connectivity index (χ0v) is 13.3. The van der Waals surface area contributed by atoms with E-state index in [9.17, 15) is 4.79 Å². The van der Waals surface area contributed by atoms with Crippen molar-refractivity contribution in [3.8, 4) is 0 Å². The molecule has 0 amide bonds. The maximum Gasteiger partial charge on any atom is 0.294 e. The number of furan rings is 1. The van der Waals surface area contributed by atoms with Crippen LogP contribution in [0.3, 0.4) is 0 Å². The molecule has 0 fully saturated rings. The van der Waals surface area contributed by atoms with Crippen LogP contribution in [0.25, 0.3) is 22.1 Å². The molecular weight excluding hydrogens is 308 g/mol. The summed E-state index contributed by atoms with van der Waals surface area (Å²) >= 11 is 1.66. The molecule has 2 aromatic heterocycles. The summed E-state index contributed by atoms with van der Waals surface area (Å²) in [5, 5.41) is 0.871. The number of aryl methyl sites for hydroxylation is 1. The van der Waals surface area contributed by atoms with Crippen LogP contribution in [0.4, 0.5) is 0 Å². The fourth-order valence-electron chi connectivity index (χ4n) is 2.58. The number of hydrogen-bond acceptors (Lipinski definition) is 4. The third-order valence-corrected chi connectivity index (χ3v) is 4.92. The van der Waals surface area contributed by atoms with Crippen LogP contribution in [-0.4, -0.2) is 9.97 Å². The van der Waals surface area contributed by atoms with Gasteiger partial charge in [0.1, 0.15) is 16.9 Å². The molecule has 2 heterocycles. The van der Waals surface area contributed by atoms with Gasteiger partial charge in [-0.15, -0.1) is 11.8 Å². The highest BCUT2D eigenvalue weighted by Crippen LogP contribution is 2.27. The Balaban J connectivity index is 1.75. The Bertz CT molecular complexity index is 1070. The summed E-state index contributed by atoms with van der Waals surface area (Å²) in [5.74, 6) is 1.26. The molecular formula is C18H14N2O2S. The lowest BCUT2D eigenvalue weighted by Gasteiger charge is -2.04. The topological polar surface area (TPSA) is 58.9 Å². The van der Waals surface area contributed by atoms with E-state index >= 15 is 0 Å². The molecule has 0 aliphatic rings. The molecule has 114 valence electrons. The lowest BCUT2D eigenvalue weighted by molar-refractivity contribution is 0.660. The second-order valence-electron chi connectivity index (χ2n) is 5.34. The molecule has 0 aliphatic carbocycles. The van der Waals surface area contributed by atoms with Gasteiger partial charge in [0.2, 0.25) is 5.58 Å². The molecule has 0 aliphatic heterocycles. The molecule has 4 rings (SSSR count). The van der Waals surface area contributed by atoms with Gasteiger partial charge in [-0.05, 0) is 30.7 Å². The highest BCUT2D eigenvalue weighted by atomic mass is 32.2. The summed E-state index contributed by atoms with van der Waals surface area (Å²) in [6, 6.07) is 15.7. The fraction of sp³-hybridized carbons (Fsp3) is 0.111. The Morgan fingerprint density at radius 2 is 1.91 bits per heavy atom. The van der Waals surface area contributed by atoms with Crippen molar-refractivity contribution in [3.63, 3.8) is 0 Å². The van der Waals surface area contributed by atoms with E-state index in [-0.39, 0.29) is 11.1 Å². The highest BCUT2D eigenvalue weighted by Gasteiger charge is 2.13. The molecule has 0 saturated carbocycles. The maximum atomic E-state index is 12.2. The van der Waals surface area contributed by atoms with E-state index in [1.807, 2.05) is 36.4 Å². The Morgan fingerprint density at radius 3 is 2.78 bits per heavy atom. The fourth-order valence-corrected chi connectivity index (χ4v) is 3.48. The molecule has 1 N–H and O–H groups in total. The van der Waals surface area contributed by atoms with Gasteiger partial charge in [0, 0.05) is 10.3 Å². The van der Waals surface area contributed by atoms with Crippen molar-refractivity contribution in [2.45, 2.75) is 17.6 Å².